The number of nitrogens with zero attached hydrogens (tertiary/aromatic N) is 4. The van der Waals surface area contributed by atoms with Crippen LogP contribution in [0.2, 0.25) is 0 Å². The van der Waals surface area contributed by atoms with Gasteiger partial charge in [-0.1, -0.05) is 18.2 Å². The van der Waals surface area contributed by atoms with E-state index in [1.54, 1.807) is 42.3 Å². The van der Waals surface area contributed by atoms with Crippen LogP contribution in [0.15, 0.2) is 52.1 Å². The molecule has 4 rings (SSSR count). The third-order valence-electron chi connectivity index (χ3n) is 5.87. The predicted molar refractivity (Wildman–Crippen MR) is 121 cm³/mol. The number of hydrogen-bond acceptors (Lipinski definition) is 5. The molecule has 1 aromatic heterocycles. The smallest absolute Gasteiger partial charge is 0.352 e. The molecule has 8 heteroatoms. The van der Waals surface area contributed by atoms with Gasteiger partial charge in [-0.05, 0) is 67.6 Å². The quantitative estimate of drug-likeness (QED) is 0.615. The summed E-state index contributed by atoms with van der Waals surface area (Å²) in [5.74, 6) is 0.178. The van der Waals surface area contributed by atoms with E-state index >= 15 is 0 Å². The highest BCUT2D eigenvalue weighted by Gasteiger charge is 2.26. The van der Waals surface area contributed by atoms with Crippen LogP contribution in [0.1, 0.15) is 40.0 Å². The molecule has 1 aliphatic rings. The highest BCUT2D eigenvalue weighted by Crippen LogP contribution is 2.15. The number of rotatable bonds is 5. The molecule has 0 spiro atoms. The zero-order chi connectivity index (χ0) is 22.8. The maximum Gasteiger partial charge on any atom is 0.352 e. The minimum Gasteiger partial charge on any atom is -0.497 e. The second-order valence-electron chi connectivity index (χ2n) is 8.05. The van der Waals surface area contributed by atoms with Gasteiger partial charge in [0.1, 0.15) is 5.75 Å². The van der Waals surface area contributed by atoms with Gasteiger partial charge in [-0.25, -0.2) is 4.79 Å². The monoisotopic (exact) mass is 434 g/mol. The lowest BCUT2D eigenvalue weighted by atomic mass is 10.1. The lowest BCUT2D eigenvalue weighted by Gasteiger charge is -2.17. The average Bonchev–Trinajstić information content (AvgIpc) is 3.33. The van der Waals surface area contributed by atoms with Crippen molar-refractivity contribution in [1.29, 1.82) is 0 Å². The van der Waals surface area contributed by atoms with E-state index in [4.69, 9.17) is 4.74 Å². The Hall–Kier alpha value is -3.68. The van der Waals surface area contributed by atoms with Gasteiger partial charge in [-0.2, -0.15) is 9.78 Å². The minimum atomic E-state index is -0.685. The number of methoxy groups -OCH3 is 1. The van der Waals surface area contributed by atoms with Crippen molar-refractivity contribution in [1.82, 2.24) is 19.2 Å². The molecule has 1 amide bonds. The van der Waals surface area contributed by atoms with Crippen molar-refractivity contribution in [2.24, 2.45) is 0 Å². The lowest BCUT2D eigenvalue weighted by Crippen LogP contribution is -2.46. The maximum absolute atomic E-state index is 13.3. The number of likely N-dealkylation sites (tertiary alicyclic amines) is 1. The van der Waals surface area contributed by atoms with Gasteiger partial charge in [0, 0.05) is 13.1 Å². The minimum absolute atomic E-state index is 0.00249. The van der Waals surface area contributed by atoms with Crippen LogP contribution < -0.4 is 16.0 Å². The summed E-state index contributed by atoms with van der Waals surface area (Å²) in [6, 6.07) is 12.6. The fourth-order valence-electron chi connectivity index (χ4n) is 3.84. The summed E-state index contributed by atoms with van der Waals surface area (Å²) < 4.78 is 7.48. The van der Waals surface area contributed by atoms with Gasteiger partial charge < -0.3 is 9.64 Å². The molecule has 166 valence electrons. The fraction of sp³-hybridized carbons (Fsp3) is 0.333. The Labute approximate surface area is 185 Å². The number of carbonyl (C=O) groups excluding carboxylic acids is 1. The first-order chi connectivity index (χ1) is 15.4. The van der Waals surface area contributed by atoms with Crippen LogP contribution >= 0.6 is 0 Å². The zero-order valence-corrected chi connectivity index (χ0v) is 18.5. The van der Waals surface area contributed by atoms with E-state index < -0.39 is 17.2 Å². The standard InChI is InChI=1S/C24H26N4O4/c1-16-9-10-19(13-17(16)2)28-24(31)27(15-18-7-6-8-20(14-18)32-3)23(30)21(25-28)22(29)26-11-4-5-12-26/h6-10,13-14H,4-5,11-12,15H2,1-3H3. The molecule has 0 N–H and O–H groups in total. The zero-order valence-electron chi connectivity index (χ0n) is 18.5. The first-order valence-corrected chi connectivity index (χ1v) is 10.6. The molecule has 0 bridgehead atoms. The Balaban J connectivity index is 1.89. The van der Waals surface area contributed by atoms with Crippen LogP contribution in [-0.2, 0) is 6.54 Å². The Morgan fingerprint density at radius 1 is 1.03 bits per heavy atom. The van der Waals surface area contributed by atoms with E-state index in [0.29, 0.717) is 30.1 Å². The van der Waals surface area contributed by atoms with Crippen molar-refractivity contribution in [3.05, 3.63) is 85.7 Å². The molecule has 0 unspecified atom stereocenters. The lowest BCUT2D eigenvalue weighted by molar-refractivity contribution is 0.0781. The molecule has 1 fully saturated rings. The van der Waals surface area contributed by atoms with Crippen LogP contribution in [-0.4, -0.2) is 45.4 Å². The number of hydrogen-bond donors (Lipinski definition) is 0. The van der Waals surface area contributed by atoms with Crippen molar-refractivity contribution in [3.8, 4) is 11.4 Å². The van der Waals surface area contributed by atoms with Gasteiger partial charge in [-0.15, -0.1) is 0 Å². The molecule has 0 aliphatic carbocycles. The molecule has 8 nitrogen and oxygen atoms in total. The summed E-state index contributed by atoms with van der Waals surface area (Å²) in [7, 11) is 1.55. The van der Waals surface area contributed by atoms with Crippen molar-refractivity contribution in [2.45, 2.75) is 33.2 Å². The van der Waals surface area contributed by atoms with Gasteiger partial charge in [0.2, 0.25) is 5.69 Å². The van der Waals surface area contributed by atoms with Gasteiger partial charge >= 0.3 is 5.69 Å². The topological polar surface area (TPSA) is 86.4 Å². The summed E-state index contributed by atoms with van der Waals surface area (Å²) in [4.78, 5) is 41.3. The third kappa shape index (κ3) is 4.08. The molecular formula is C24H26N4O4. The van der Waals surface area contributed by atoms with Gasteiger partial charge in [0.15, 0.2) is 0 Å². The predicted octanol–water partition coefficient (Wildman–Crippen LogP) is 2.30. The highest BCUT2D eigenvalue weighted by atomic mass is 16.5. The number of benzene rings is 2. The van der Waals surface area contributed by atoms with Crippen LogP contribution in [0.3, 0.4) is 0 Å². The Morgan fingerprint density at radius 3 is 2.47 bits per heavy atom. The van der Waals surface area contributed by atoms with E-state index in [1.807, 2.05) is 26.0 Å². The molecule has 2 heterocycles. The van der Waals surface area contributed by atoms with Crippen molar-refractivity contribution in [3.63, 3.8) is 0 Å². The molecule has 1 aliphatic heterocycles. The second-order valence-corrected chi connectivity index (χ2v) is 8.05. The number of aryl methyl sites for hydroxylation is 2. The van der Waals surface area contributed by atoms with Crippen molar-refractivity contribution >= 4 is 5.91 Å². The van der Waals surface area contributed by atoms with Crippen LogP contribution in [0, 0.1) is 13.8 Å². The molecule has 0 atom stereocenters. The number of aromatic nitrogens is 3. The summed E-state index contributed by atoms with van der Waals surface area (Å²) in [5, 5.41) is 4.25. The Bertz CT molecular complexity index is 1290. The maximum atomic E-state index is 13.3. The summed E-state index contributed by atoms with van der Waals surface area (Å²) in [5.41, 5.74) is 1.74. The molecule has 32 heavy (non-hydrogen) atoms. The first-order valence-electron chi connectivity index (χ1n) is 10.6. The molecule has 2 aromatic carbocycles. The Kier molecular flexibility index (Phi) is 5.94. The van der Waals surface area contributed by atoms with E-state index in [9.17, 15) is 14.4 Å². The molecule has 0 radical (unpaired) electrons. The molecule has 3 aromatic rings. The van der Waals surface area contributed by atoms with E-state index in [2.05, 4.69) is 5.10 Å². The second kappa shape index (κ2) is 8.82. The van der Waals surface area contributed by atoms with Gasteiger partial charge in [-0.3, -0.25) is 14.2 Å². The number of carbonyl (C=O) groups is 1. The molecule has 0 saturated carbocycles. The first kappa shape index (κ1) is 21.5. The summed E-state index contributed by atoms with van der Waals surface area (Å²) in [6.07, 6.45) is 1.78. The van der Waals surface area contributed by atoms with Gasteiger partial charge in [0.25, 0.3) is 11.5 Å². The Morgan fingerprint density at radius 2 is 1.78 bits per heavy atom. The third-order valence-corrected chi connectivity index (χ3v) is 5.87. The average molecular weight is 434 g/mol. The molecular weight excluding hydrogens is 408 g/mol. The molecule has 1 saturated heterocycles. The van der Waals surface area contributed by atoms with Crippen LogP contribution in [0.5, 0.6) is 5.75 Å². The van der Waals surface area contributed by atoms with Crippen molar-refractivity contribution < 1.29 is 9.53 Å². The SMILES string of the molecule is COc1cccc(Cn2c(=O)c(C(=O)N3CCCC3)nn(-c3ccc(C)c(C)c3)c2=O)c1. The van der Waals surface area contributed by atoms with Crippen LogP contribution in [0.4, 0.5) is 0 Å². The van der Waals surface area contributed by atoms with E-state index in [1.165, 1.54) is 0 Å². The number of ether oxygens (including phenoxy) is 1. The van der Waals surface area contributed by atoms with Crippen molar-refractivity contribution in [2.75, 3.05) is 20.2 Å². The van der Waals surface area contributed by atoms with E-state index in [0.717, 1.165) is 33.2 Å². The number of amides is 1. The normalized spacial score (nSPS) is 13.4. The van der Waals surface area contributed by atoms with Gasteiger partial charge in [0.05, 0.1) is 19.3 Å². The summed E-state index contributed by atoms with van der Waals surface area (Å²) in [6.45, 7) is 5.08. The fourth-order valence-corrected chi connectivity index (χ4v) is 3.84. The summed E-state index contributed by atoms with van der Waals surface area (Å²) >= 11 is 0. The highest BCUT2D eigenvalue weighted by molar-refractivity contribution is 5.92. The van der Waals surface area contributed by atoms with E-state index in [-0.39, 0.29) is 12.2 Å². The van der Waals surface area contributed by atoms with Crippen LogP contribution in [0.25, 0.3) is 5.69 Å². The largest absolute Gasteiger partial charge is 0.497 e.